The number of nitrogens with zero attached hydrogens (tertiary/aromatic N) is 2. The fraction of sp³-hybridized carbons (Fsp3) is 0.182. The minimum absolute atomic E-state index is 0.176. The number of aryl methyl sites for hydroxylation is 1. The number of amides is 1. The standard InChI is InChI=1S/C22H23N3O3/c1-17-15-25(16-24-17)20-10-8-18(14-21(20)27-2)9-11-22(26)23-12-13-28-19-6-4-3-5-7-19/h3-11,14-16H,12-13H2,1-2H3,(H,23,26)/b11-9+. The molecule has 6 nitrogen and oxygen atoms in total. The predicted molar refractivity (Wildman–Crippen MR) is 109 cm³/mol. The van der Waals surface area contributed by atoms with Gasteiger partial charge in [0.15, 0.2) is 0 Å². The van der Waals surface area contributed by atoms with E-state index in [1.807, 2.05) is 66.2 Å². The number of carbonyl (C=O) groups excluding carboxylic acids is 1. The van der Waals surface area contributed by atoms with E-state index in [-0.39, 0.29) is 5.91 Å². The van der Waals surface area contributed by atoms with E-state index in [1.54, 1.807) is 19.5 Å². The van der Waals surface area contributed by atoms with Crippen LogP contribution in [0.2, 0.25) is 0 Å². The third-order valence-electron chi connectivity index (χ3n) is 4.03. The van der Waals surface area contributed by atoms with Gasteiger partial charge in [0.05, 0.1) is 31.4 Å². The van der Waals surface area contributed by atoms with E-state index in [4.69, 9.17) is 9.47 Å². The zero-order valence-corrected chi connectivity index (χ0v) is 16.0. The Morgan fingerprint density at radius 2 is 2.04 bits per heavy atom. The minimum atomic E-state index is -0.176. The van der Waals surface area contributed by atoms with Crippen molar-refractivity contribution in [3.8, 4) is 17.2 Å². The predicted octanol–water partition coefficient (Wildman–Crippen LogP) is 3.40. The second-order valence-electron chi connectivity index (χ2n) is 6.14. The Labute approximate surface area is 164 Å². The Bertz CT molecular complexity index is 949. The Balaban J connectivity index is 1.53. The van der Waals surface area contributed by atoms with Gasteiger partial charge in [-0.15, -0.1) is 0 Å². The highest BCUT2D eigenvalue weighted by Gasteiger charge is 2.06. The van der Waals surface area contributed by atoms with Crippen molar-refractivity contribution in [3.05, 3.63) is 78.4 Å². The molecule has 0 fully saturated rings. The number of rotatable bonds is 8. The fourth-order valence-electron chi connectivity index (χ4n) is 2.65. The van der Waals surface area contributed by atoms with Crippen molar-refractivity contribution in [3.63, 3.8) is 0 Å². The monoisotopic (exact) mass is 377 g/mol. The van der Waals surface area contributed by atoms with Crippen LogP contribution in [0.25, 0.3) is 11.8 Å². The molecule has 1 N–H and O–H groups in total. The summed E-state index contributed by atoms with van der Waals surface area (Å²) in [6.45, 7) is 2.78. The number of nitrogens with one attached hydrogen (secondary N) is 1. The lowest BCUT2D eigenvalue weighted by Gasteiger charge is -2.10. The van der Waals surface area contributed by atoms with Gasteiger partial charge >= 0.3 is 0 Å². The summed E-state index contributed by atoms with van der Waals surface area (Å²) >= 11 is 0. The third kappa shape index (κ3) is 5.23. The molecule has 144 valence electrons. The molecular formula is C22H23N3O3. The summed E-state index contributed by atoms with van der Waals surface area (Å²) in [4.78, 5) is 16.2. The number of benzene rings is 2. The zero-order valence-electron chi connectivity index (χ0n) is 16.0. The Morgan fingerprint density at radius 1 is 1.21 bits per heavy atom. The van der Waals surface area contributed by atoms with E-state index in [2.05, 4.69) is 10.3 Å². The van der Waals surface area contributed by atoms with Crippen molar-refractivity contribution in [2.45, 2.75) is 6.92 Å². The van der Waals surface area contributed by atoms with Crippen molar-refractivity contribution >= 4 is 12.0 Å². The summed E-state index contributed by atoms with van der Waals surface area (Å²) < 4.78 is 12.9. The van der Waals surface area contributed by atoms with Gasteiger partial charge in [-0.1, -0.05) is 24.3 Å². The molecule has 1 amide bonds. The van der Waals surface area contributed by atoms with E-state index in [0.29, 0.717) is 18.9 Å². The van der Waals surface area contributed by atoms with Crippen LogP contribution >= 0.6 is 0 Å². The Hall–Kier alpha value is -3.54. The minimum Gasteiger partial charge on any atom is -0.495 e. The highest BCUT2D eigenvalue weighted by atomic mass is 16.5. The zero-order chi connectivity index (χ0) is 19.8. The molecule has 1 aromatic heterocycles. The molecule has 0 aliphatic rings. The Kier molecular flexibility index (Phi) is 6.46. The van der Waals surface area contributed by atoms with E-state index in [9.17, 15) is 4.79 Å². The van der Waals surface area contributed by atoms with Crippen LogP contribution in [0.5, 0.6) is 11.5 Å². The fourth-order valence-corrected chi connectivity index (χ4v) is 2.65. The molecule has 6 heteroatoms. The molecule has 2 aromatic carbocycles. The lowest BCUT2D eigenvalue weighted by molar-refractivity contribution is -0.116. The Morgan fingerprint density at radius 3 is 2.75 bits per heavy atom. The van der Waals surface area contributed by atoms with Crippen LogP contribution in [0.15, 0.2) is 67.1 Å². The maximum atomic E-state index is 12.0. The van der Waals surface area contributed by atoms with Gasteiger partial charge in [-0.05, 0) is 42.8 Å². The number of imidazole rings is 1. The van der Waals surface area contributed by atoms with Crippen LogP contribution < -0.4 is 14.8 Å². The first-order chi connectivity index (χ1) is 13.7. The van der Waals surface area contributed by atoms with Crippen molar-refractivity contribution in [1.82, 2.24) is 14.9 Å². The summed E-state index contributed by atoms with van der Waals surface area (Å²) in [7, 11) is 1.62. The first-order valence-corrected chi connectivity index (χ1v) is 8.98. The van der Waals surface area contributed by atoms with Gasteiger partial charge in [-0.25, -0.2) is 4.98 Å². The van der Waals surface area contributed by atoms with Gasteiger partial charge < -0.3 is 19.4 Å². The smallest absolute Gasteiger partial charge is 0.244 e. The van der Waals surface area contributed by atoms with Gasteiger partial charge in [-0.3, -0.25) is 4.79 Å². The van der Waals surface area contributed by atoms with Gasteiger partial charge in [0.1, 0.15) is 18.1 Å². The molecule has 0 atom stereocenters. The van der Waals surface area contributed by atoms with Gasteiger partial charge in [0.25, 0.3) is 0 Å². The number of aromatic nitrogens is 2. The van der Waals surface area contributed by atoms with E-state index in [1.165, 1.54) is 6.08 Å². The first-order valence-electron chi connectivity index (χ1n) is 8.98. The summed E-state index contributed by atoms with van der Waals surface area (Å²) in [5.41, 5.74) is 2.69. The average molecular weight is 377 g/mol. The molecule has 0 radical (unpaired) electrons. The maximum absolute atomic E-state index is 12.0. The second kappa shape index (κ2) is 9.41. The summed E-state index contributed by atoms with van der Waals surface area (Å²) in [6.07, 6.45) is 6.92. The van der Waals surface area contributed by atoms with Crippen LogP contribution in [-0.4, -0.2) is 35.7 Å². The number of hydrogen-bond acceptors (Lipinski definition) is 4. The summed E-state index contributed by atoms with van der Waals surface area (Å²) in [5.74, 6) is 1.31. The van der Waals surface area contributed by atoms with Crippen LogP contribution in [0.1, 0.15) is 11.3 Å². The van der Waals surface area contributed by atoms with E-state index < -0.39 is 0 Å². The van der Waals surface area contributed by atoms with Crippen LogP contribution in [0.3, 0.4) is 0 Å². The largest absolute Gasteiger partial charge is 0.495 e. The molecule has 3 aromatic rings. The molecular weight excluding hydrogens is 354 g/mol. The van der Waals surface area contributed by atoms with Crippen molar-refractivity contribution in [2.24, 2.45) is 0 Å². The van der Waals surface area contributed by atoms with Crippen LogP contribution in [0, 0.1) is 6.92 Å². The lowest BCUT2D eigenvalue weighted by Crippen LogP contribution is -2.26. The number of carbonyl (C=O) groups is 1. The quantitative estimate of drug-likeness (QED) is 0.483. The highest BCUT2D eigenvalue weighted by Crippen LogP contribution is 2.25. The maximum Gasteiger partial charge on any atom is 0.244 e. The van der Waals surface area contributed by atoms with Crippen molar-refractivity contribution in [2.75, 3.05) is 20.3 Å². The molecule has 28 heavy (non-hydrogen) atoms. The van der Waals surface area contributed by atoms with E-state index in [0.717, 1.165) is 22.7 Å². The molecule has 0 bridgehead atoms. The second-order valence-corrected chi connectivity index (χ2v) is 6.14. The topological polar surface area (TPSA) is 65.4 Å². The van der Waals surface area contributed by atoms with Gasteiger partial charge in [0.2, 0.25) is 5.91 Å². The molecule has 1 heterocycles. The molecule has 3 rings (SSSR count). The lowest BCUT2D eigenvalue weighted by atomic mass is 10.1. The number of hydrogen-bond donors (Lipinski definition) is 1. The summed E-state index contributed by atoms with van der Waals surface area (Å²) in [5, 5.41) is 2.80. The summed E-state index contributed by atoms with van der Waals surface area (Å²) in [6, 6.07) is 15.2. The SMILES string of the molecule is COc1cc(/C=C/C(=O)NCCOc2ccccc2)ccc1-n1cnc(C)c1. The molecule has 0 saturated heterocycles. The normalized spacial score (nSPS) is 10.8. The van der Waals surface area contributed by atoms with Crippen molar-refractivity contribution < 1.29 is 14.3 Å². The molecule has 0 aliphatic carbocycles. The third-order valence-corrected chi connectivity index (χ3v) is 4.03. The number of ether oxygens (including phenoxy) is 2. The molecule has 0 unspecified atom stereocenters. The van der Waals surface area contributed by atoms with E-state index >= 15 is 0 Å². The van der Waals surface area contributed by atoms with Crippen LogP contribution in [0.4, 0.5) is 0 Å². The number of para-hydroxylation sites is 1. The van der Waals surface area contributed by atoms with Crippen molar-refractivity contribution in [1.29, 1.82) is 0 Å². The molecule has 0 spiro atoms. The number of methoxy groups -OCH3 is 1. The van der Waals surface area contributed by atoms with Gasteiger partial charge in [-0.2, -0.15) is 0 Å². The first kappa shape index (κ1) is 19.2. The average Bonchev–Trinajstić information content (AvgIpc) is 3.16. The van der Waals surface area contributed by atoms with Crippen LogP contribution in [-0.2, 0) is 4.79 Å². The molecule has 0 saturated carbocycles. The highest BCUT2D eigenvalue weighted by molar-refractivity contribution is 5.91. The molecule has 0 aliphatic heterocycles. The van der Waals surface area contributed by atoms with Gasteiger partial charge in [0, 0.05) is 12.3 Å².